The van der Waals surface area contributed by atoms with Crippen molar-refractivity contribution in [2.75, 3.05) is 6.54 Å². The number of rotatable bonds is 9. The zero-order chi connectivity index (χ0) is 23.2. The standard InChI is InChI=1S/C18H21F2N5O5S/c19-11-3-5-12(6-4-11)30-16-8-7-13(10-14(16)20)31(28,29)25(27)17(26)15(21)2-1-9-24-18(22)23/h3-8,10,15,27H,1-2,9,21H2,(H4,22,23,24)/t15-/m1/s1. The largest absolute Gasteiger partial charge is 0.454 e. The average Bonchev–Trinajstić information content (AvgIpc) is 2.72. The monoisotopic (exact) mass is 457 g/mol. The summed E-state index contributed by atoms with van der Waals surface area (Å²) in [5.74, 6) is -3.44. The molecule has 0 bridgehead atoms. The highest BCUT2D eigenvalue weighted by molar-refractivity contribution is 7.89. The molecular formula is C18H21F2N5O5S. The van der Waals surface area contributed by atoms with Crippen LogP contribution in [0.2, 0.25) is 0 Å². The van der Waals surface area contributed by atoms with Crippen molar-refractivity contribution in [1.29, 1.82) is 5.41 Å². The van der Waals surface area contributed by atoms with Crippen LogP contribution >= 0.6 is 0 Å². The van der Waals surface area contributed by atoms with Gasteiger partial charge in [0.2, 0.25) is 0 Å². The lowest BCUT2D eigenvalue weighted by molar-refractivity contribution is -0.147. The van der Waals surface area contributed by atoms with Crippen molar-refractivity contribution in [3.63, 3.8) is 0 Å². The summed E-state index contributed by atoms with van der Waals surface area (Å²) in [7, 11) is -4.80. The maximum atomic E-state index is 14.3. The van der Waals surface area contributed by atoms with Gasteiger partial charge in [-0.3, -0.25) is 15.4 Å². The summed E-state index contributed by atoms with van der Waals surface area (Å²) in [6.07, 6.45) is 0.259. The minimum atomic E-state index is -4.80. The number of nitrogens with one attached hydrogen (secondary N) is 2. The van der Waals surface area contributed by atoms with Crippen molar-refractivity contribution in [2.24, 2.45) is 11.5 Å². The number of hydrogen-bond donors (Lipinski definition) is 5. The Bertz CT molecular complexity index is 1050. The van der Waals surface area contributed by atoms with Gasteiger partial charge in [-0.2, -0.15) is 8.42 Å². The number of guanidine groups is 1. The molecule has 168 valence electrons. The van der Waals surface area contributed by atoms with E-state index in [1.54, 1.807) is 0 Å². The zero-order valence-electron chi connectivity index (χ0n) is 16.1. The van der Waals surface area contributed by atoms with Gasteiger partial charge in [-0.15, -0.1) is 4.47 Å². The van der Waals surface area contributed by atoms with E-state index < -0.39 is 43.0 Å². The molecule has 0 aliphatic heterocycles. The molecule has 0 unspecified atom stereocenters. The first-order valence-corrected chi connectivity index (χ1v) is 10.3. The molecular weight excluding hydrogens is 436 g/mol. The van der Waals surface area contributed by atoms with E-state index in [0.717, 1.165) is 24.3 Å². The van der Waals surface area contributed by atoms with E-state index in [9.17, 15) is 27.2 Å². The van der Waals surface area contributed by atoms with Gasteiger partial charge in [0.15, 0.2) is 17.5 Å². The Morgan fingerprint density at radius 3 is 2.45 bits per heavy atom. The first-order chi connectivity index (χ1) is 14.5. The minimum absolute atomic E-state index is 0.00942. The van der Waals surface area contributed by atoms with E-state index in [2.05, 4.69) is 5.32 Å². The van der Waals surface area contributed by atoms with Crippen molar-refractivity contribution in [2.45, 2.75) is 23.8 Å². The van der Waals surface area contributed by atoms with Crippen LogP contribution in [0.4, 0.5) is 8.78 Å². The molecule has 0 fully saturated rings. The predicted molar refractivity (Wildman–Crippen MR) is 106 cm³/mol. The van der Waals surface area contributed by atoms with Crippen molar-refractivity contribution in [3.05, 3.63) is 54.1 Å². The fourth-order valence-electron chi connectivity index (χ4n) is 2.38. The number of nitrogens with zero attached hydrogens (tertiary/aromatic N) is 1. The quantitative estimate of drug-likeness (QED) is 0.123. The first kappa shape index (κ1) is 24.0. The Labute approximate surface area is 176 Å². The Morgan fingerprint density at radius 1 is 1.23 bits per heavy atom. The lowest BCUT2D eigenvalue weighted by Crippen LogP contribution is -2.45. The van der Waals surface area contributed by atoms with E-state index in [-0.39, 0.29) is 36.8 Å². The zero-order valence-corrected chi connectivity index (χ0v) is 16.9. The van der Waals surface area contributed by atoms with Gasteiger partial charge in [-0.05, 0) is 55.3 Å². The Kier molecular flexibility index (Phi) is 7.85. The number of hydroxylamine groups is 1. The van der Waals surface area contributed by atoms with Crippen LogP contribution < -0.4 is 21.5 Å². The molecule has 10 nitrogen and oxygen atoms in total. The molecule has 0 radical (unpaired) electrons. The summed E-state index contributed by atoms with van der Waals surface area (Å²) in [5, 5.41) is 19.4. The van der Waals surface area contributed by atoms with Gasteiger partial charge in [-0.1, -0.05) is 0 Å². The van der Waals surface area contributed by atoms with Crippen LogP contribution in [0.5, 0.6) is 11.5 Å². The molecule has 1 amide bonds. The molecule has 0 heterocycles. The maximum absolute atomic E-state index is 14.3. The second kappa shape index (κ2) is 10.1. The molecule has 2 aromatic carbocycles. The van der Waals surface area contributed by atoms with E-state index in [4.69, 9.17) is 21.6 Å². The number of nitrogens with two attached hydrogens (primary N) is 2. The van der Waals surface area contributed by atoms with E-state index in [1.165, 1.54) is 12.1 Å². The van der Waals surface area contributed by atoms with Crippen LogP contribution in [0, 0.1) is 17.0 Å². The predicted octanol–water partition coefficient (Wildman–Crippen LogP) is 1.25. The second-order valence-corrected chi connectivity index (χ2v) is 8.09. The Hall–Kier alpha value is -3.29. The van der Waals surface area contributed by atoms with E-state index in [1.807, 2.05) is 0 Å². The summed E-state index contributed by atoms with van der Waals surface area (Å²) in [5.41, 5.74) is 10.7. The number of hydrogen-bond acceptors (Lipinski definition) is 7. The fourth-order valence-corrected chi connectivity index (χ4v) is 3.45. The summed E-state index contributed by atoms with van der Waals surface area (Å²) >= 11 is 0. The van der Waals surface area contributed by atoms with Crippen LogP contribution in [0.15, 0.2) is 47.4 Å². The smallest absolute Gasteiger partial charge is 0.289 e. The molecule has 0 saturated carbocycles. The van der Waals surface area contributed by atoms with Crippen molar-refractivity contribution >= 4 is 21.9 Å². The number of benzene rings is 2. The number of sulfonamides is 1. The molecule has 31 heavy (non-hydrogen) atoms. The molecule has 2 rings (SSSR count). The SMILES string of the molecule is N=C(N)NCCC[C@@H](N)C(=O)N(O)S(=O)(=O)c1ccc(Oc2ccc(F)cc2)c(F)c1. The van der Waals surface area contributed by atoms with Crippen molar-refractivity contribution < 1.29 is 31.9 Å². The van der Waals surface area contributed by atoms with Gasteiger partial charge in [0.1, 0.15) is 11.6 Å². The Morgan fingerprint density at radius 2 is 1.87 bits per heavy atom. The normalized spacial score (nSPS) is 12.1. The van der Waals surface area contributed by atoms with Crippen LogP contribution in [0.3, 0.4) is 0 Å². The Balaban J connectivity index is 2.09. The molecule has 13 heteroatoms. The van der Waals surface area contributed by atoms with Crippen LogP contribution in [-0.2, 0) is 14.8 Å². The summed E-state index contributed by atoms with van der Waals surface area (Å²) in [4.78, 5) is 11.4. The molecule has 0 aliphatic rings. The number of carbonyl (C=O) groups excluding carboxylic acids is 1. The van der Waals surface area contributed by atoms with Gasteiger partial charge >= 0.3 is 0 Å². The third-order valence-corrected chi connectivity index (χ3v) is 5.47. The van der Waals surface area contributed by atoms with Gasteiger partial charge < -0.3 is 21.5 Å². The number of amides is 1. The third-order valence-electron chi connectivity index (χ3n) is 3.98. The fraction of sp³-hybridized carbons (Fsp3) is 0.222. The van der Waals surface area contributed by atoms with Gasteiger partial charge in [0.05, 0.1) is 10.9 Å². The first-order valence-electron chi connectivity index (χ1n) is 8.87. The molecule has 0 aromatic heterocycles. The van der Waals surface area contributed by atoms with E-state index >= 15 is 0 Å². The number of ether oxygens (including phenoxy) is 1. The van der Waals surface area contributed by atoms with Gasteiger partial charge in [-0.25, -0.2) is 8.78 Å². The number of halogens is 2. The molecule has 0 spiro atoms. The topological polar surface area (TPSA) is 172 Å². The highest BCUT2D eigenvalue weighted by Crippen LogP contribution is 2.27. The minimum Gasteiger partial charge on any atom is -0.454 e. The van der Waals surface area contributed by atoms with Gasteiger partial charge in [0.25, 0.3) is 15.9 Å². The molecule has 2 aromatic rings. The van der Waals surface area contributed by atoms with Crippen LogP contribution in [0.25, 0.3) is 0 Å². The molecule has 1 atom stereocenters. The lowest BCUT2D eigenvalue weighted by Gasteiger charge is -2.19. The summed E-state index contributed by atoms with van der Waals surface area (Å²) in [6, 6.07) is 5.81. The lowest BCUT2D eigenvalue weighted by atomic mass is 10.1. The van der Waals surface area contributed by atoms with Crippen molar-refractivity contribution in [3.8, 4) is 11.5 Å². The summed E-state index contributed by atoms with van der Waals surface area (Å²) in [6.45, 7) is 0.217. The maximum Gasteiger partial charge on any atom is 0.289 e. The van der Waals surface area contributed by atoms with Crippen LogP contribution in [-0.4, -0.2) is 42.5 Å². The second-order valence-electron chi connectivity index (χ2n) is 6.32. The highest BCUT2D eigenvalue weighted by Gasteiger charge is 2.32. The molecule has 0 saturated heterocycles. The molecule has 0 aliphatic carbocycles. The highest BCUT2D eigenvalue weighted by atomic mass is 32.2. The average molecular weight is 457 g/mol. The number of carbonyl (C=O) groups is 1. The third kappa shape index (κ3) is 6.34. The van der Waals surface area contributed by atoms with Gasteiger partial charge in [0, 0.05) is 6.54 Å². The molecule has 7 N–H and O–H groups in total. The van der Waals surface area contributed by atoms with Crippen molar-refractivity contribution in [1.82, 2.24) is 9.79 Å². The van der Waals surface area contributed by atoms with E-state index in [0.29, 0.717) is 6.07 Å². The van der Waals surface area contributed by atoms with Crippen LogP contribution in [0.1, 0.15) is 12.8 Å². The summed E-state index contributed by atoms with van der Waals surface area (Å²) < 4.78 is 56.8.